The second kappa shape index (κ2) is 10.6. The van der Waals surface area contributed by atoms with Crippen LogP contribution in [0.4, 0.5) is 5.69 Å². The fourth-order valence-electron chi connectivity index (χ4n) is 2.20. The Kier molecular flexibility index (Phi) is 8.73. The Labute approximate surface area is 191 Å². The Balaban J connectivity index is 3.28. The highest BCUT2D eigenvalue weighted by Crippen LogP contribution is 2.17. The lowest BCUT2D eigenvalue weighted by Gasteiger charge is -2.18. The molecule has 0 saturated heterocycles. The maximum absolute atomic E-state index is 12.4. The molecule has 0 saturated carbocycles. The summed E-state index contributed by atoms with van der Waals surface area (Å²) in [5.41, 5.74) is -1.88. The average Bonchev–Trinajstić information content (AvgIpc) is 2.69. The van der Waals surface area contributed by atoms with E-state index in [1.807, 2.05) is 0 Å². The molecular formula is C22H28N4O7. The molecular weight excluding hydrogens is 432 g/mol. The van der Waals surface area contributed by atoms with Crippen LogP contribution in [0.25, 0.3) is 0 Å². The lowest BCUT2D eigenvalue weighted by molar-refractivity contribution is -0.142. The fraction of sp³-hybridized carbons (Fsp3) is 0.409. The predicted octanol–water partition coefficient (Wildman–Crippen LogP) is 0.951. The van der Waals surface area contributed by atoms with Gasteiger partial charge in [0.15, 0.2) is 0 Å². The third-order valence-electron chi connectivity index (χ3n) is 3.99. The molecule has 4 N–H and O–H groups in total. The zero-order valence-electron chi connectivity index (χ0n) is 19.4. The topological polar surface area (TPSA) is 171 Å². The van der Waals surface area contributed by atoms with Gasteiger partial charge in [-0.25, -0.2) is 4.99 Å². The maximum atomic E-state index is 12.4. The van der Waals surface area contributed by atoms with E-state index < -0.39 is 58.6 Å². The Morgan fingerprint density at radius 1 is 0.848 bits per heavy atom. The van der Waals surface area contributed by atoms with Crippen molar-refractivity contribution in [2.45, 2.75) is 41.5 Å². The molecule has 0 atom stereocenters. The van der Waals surface area contributed by atoms with Crippen molar-refractivity contribution in [3.05, 3.63) is 29.8 Å². The van der Waals surface area contributed by atoms with Crippen LogP contribution in [0, 0.1) is 10.8 Å². The van der Waals surface area contributed by atoms with Crippen LogP contribution in [0.1, 0.15) is 51.9 Å². The largest absolute Gasteiger partial charge is 0.480 e. The van der Waals surface area contributed by atoms with E-state index in [1.54, 1.807) is 0 Å². The molecule has 3 amide bonds. The summed E-state index contributed by atoms with van der Waals surface area (Å²) < 4.78 is 0. The minimum Gasteiger partial charge on any atom is -0.480 e. The lowest BCUT2D eigenvalue weighted by Crippen LogP contribution is -2.51. The van der Waals surface area contributed by atoms with Crippen molar-refractivity contribution in [1.29, 1.82) is 0 Å². The van der Waals surface area contributed by atoms with Crippen molar-refractivity contribution in [3.63, 3.8) is 0 Å². The van der Waals surface area contributed by atoms with Crippen LogP contribution in [0.3, 0.4) is 0 Å². The molecule has 0 aliphatic carbocycles. The lowest BCUT2D eigenvalue weighted by atomic mass is 9.90. The van der Waals surface area contributed by atoms with Gasteiger partial charge in [-0.3, -0.25) is 39.4 Å². The van der Waals surface area contributed by atoms with Crippen molar-refractivity contribution in [2.75, 3.05) is 6.54 Å². The molecule has 1 aromatic carbocycles. The number of benzene rings is 1. The SMILES string of the molecule is CC(C)(C)C(=O)C(=O)NC(=Nc1cccc(C(=O)NCC(=O)O)c1)NC(=O)C(=O)C(C)(C)C. The van der Waals surface area contributed by atoms with Gasteiger partial charge in [0, 0.05) is 16.4 Å². The molecule has 0 bridgehead atoms. The molecule has 11 nitrogen and oxygen atoms in total. The van der Waals surface area contributed by atoms with Gasteiger partial charge >= 0.3 is 5.97 Å². The van der Waals surface area contributed by atoms with E-state index in [9.17, 15) is 28.8 Å². The van der Waals surface area contributed by atoms with Crippen LogP contribution in [0.2, 0.25) is 0 Å². The number of carboxylic acid groups (broad SMARTS) is 1. The Bertz CT molecular complexity index is 972. The Hall–Kier alpha value is -3.89. The first kappa shape index (κ1) is 27.1. The molecule has 178 valence electrons. The first-order chi connectivity index (χ1) is 15.0. The van der Waals surface area contributed by atoms with Crippen LogP contribution >= 0.6 is 0 Å². The molecule has 33 heavy (non-hydrogen) atoms. The van der Waals surface area contributed by atoms with E-state index >= 15 is 0 Å². The highest BCUT2D eigenvalue weighted by Gasteiger charge is 2.32. The van der Waals surface area contributed by atoms with Gasteiger partial charge in [-0.15, -0.1) is 0 Å². The second-order valence-electron chi connectivity index (χ2n) is 9.15. The van der Waals surface area contributed by atoms with Crippen LogP contribution in [0.15, 0.2) is 29.3 Å². The third kappa shape index (κ3) is 8.63. The summed E-state index contributed by atoms with van der Waals surface area (Å²) in [5, 5.41) is 15.3. The van der Waals surface area contributed by atoms with Crippen molar-refractivity contribution >= 4 is 46.9 Å². The number of Topliss-reactive ketones (excluding diaryl/α,β-unsaturated/α-hetero) is 2. The van der Waals surface area contributed by atoms with Crippen LogP contribution < -0.4 is 16.0 Å². The molecule has 0 aliphatic rings. The number of amides is 3. The van der Waals surface area contributed by atoms with E-state index in [2.05, 4.69) is 20.9 Å². The Morgan fingerprint density at radius 3 is 1.76 bits per heavy atom. The number of hydrogen-bond acceptors (Lipinski definition) is 7. The smallest absolute Gasteiger partial charge is 0.322 e. The van der Waals surface area contributed by atoms with Crippen LogP contribution in [-0.2, 0) is 24.0 Å². The molecule has 0 fully saturated rings. The highest BCUT2D eigenvalue weighted by molar-refractivity contribution is 6.43. The third-order valence-corrected chi connectivity index (χ3v) is 3.99. The summed E-state index contributed by atoms with van der Waals surface area (Å²) in [6.07, 6.45) is 0. The van der Waals surface area contributed by atoms with E-state index in [4.69, 9.17) is 5.11 Å². The minimum absolute atomic E-state index is 0.0611. The summed E-state index contributed by atoms with van der Waals surface area (Å²) in [6.45, 7) is 8.62. The van der Waals surface area contributed by atoms with Gasteiger partial charge in [0.1, 0.15) is 6.54 Å². The zero-order valence-corrected chi connectivity index (χ0v) is 19.4. The van der Waals surface area contributed by atoms with E-state index in [-0.39, 0.29) is 11.3 Å². The second-order valence-corrected chi connectivity index (χ2v) is 9.15. The average molecular weight is 460 g/mol. The van der Waals surface area contributed by atoms with Gasteiger partial charge in [-0.05, 0) is 18.2 Å². The molecule has 0 aliphatic heterocycles. The van der Waals surface area contributed by atoms with E-state index in [0.29, 0.717) is 0 Å². The molecule has 1 aromatic rings. The number of nitrogens with zero attached hydrogens (tertiary/aromatic N) is 1. The van der Waals surface area contributed by atoms with Gasteiger partial charge in [0.25, 0.3) is 17.7 Å². The standard InChI is InChI=1S/C22H28N4O7/c1-21(2,3)15(29)18(32)25-20(26-19(33)16(30)22(4,5)6)24-13-9-7-8-12(10-13)17(31)23-11-14(27)28/h7-10H,11H2,1-6H3,(H,23,31)(H,27,28)(H2,24,25,26,32,33). The number of carbonyl (C=O) groups is 6. The molecule has 1 rings (SSSR count). The van der Waals surface area contributed by atoms with Crippen molar-refractivity contribution < 1.29 is 33.9 Å². The number of hydrogen-bond donors (Lipinski definition) is 4. The van der Waals surface area contributed by atoms with Crippen molar-refractivity contribution in [3.8, 4) is 0 Å². The number of guanidine groups is 1. The first-order valence-electron chi connectivity index (χ1n) is 9.92. The minimum atomic E-state index is -1.22. The molecule has 11 heteroatoms. The summed E-state index contributed by atoms with van der Waals surface area (Å²) in [5.74, 6) is -6.07. The van der Waals surface area contributed by atoms with Gasteiger partial charge in [0.2, 0.25) is 17.5 Å². The monoisotopic (exact) mass is 460 g/mol. The van der Waals surface area contributed by atoms with Crippen molar-refractivity contribution in [2.24, 2.45) is 15.8 Å². The van der Waals surface area contributed by atoms with Crippen LogP contribution in [-0.4, -0.2) is 52.9 Å². The zero-order chi connectivity index (χ0) is 25.6. The van der Waals surface area contributed by atoms with Gasteiger partial charge in [-0.2, -0.15) is 0 Å². The summed E-state index contributed by atoms with van der Waals surface area (Å²) >= 11 is 0. The molecule has 0 aromatic heterocycles. The molecule has 0 unspecified atom stereocenters. The predicted molar refractivity (Wildman–Crippen MR) is 119 cm³/mol. The molecule has 0 radical (unpaired) electrons. The number of aliphatic carboxylic acids is 1. The number of aliphatic imine (C=N–C) groups is 1. The summed E-state index contributed by atoms with van der Waals surface area (Å²) in [6, 6.07) is 5.55. The maximum Gasteiger partial charge on any atom is 0.322 e. The molecule has 0 spiro atoms. The first-order valence-corrected chi connectivity index (χ1v) is 9.92. The van der Waals surface area contributed by atoms with Crippen molar-refractivity contribution in [1.82, 2.24) is 16.0 Å². The van der Waals surface area contributed by atoms with Gasteiger partial charge < -0.3 is 10.4 Å². The number of rotatable bonds is 6. The number of carboxylic acids is 1. The quantitative estimate of drug-likeness (QED) is 0.278. The molecule has 0 heterocycles. The van der Waals surface area contributed by atoms with Gasteiger partial charge in [0.05, 0.1) is 5.69 Å². The Morgan fingerprint density at radius 2 is 1.33 bits per heavy atom. The van der Waals surface area contributed by atoms with Gasteiger partial charge in [-0.1, -0.05) is 47.6 Å². The normalized spacial score (nSPS) is 11.1. The summed E-state index contributed by atoms with van der Waals surface area (Å²) in [7, 11) is 0. The van der Waals surface area contributed by atoms with Crippen LogP contribution in [0.5, 0.6) is 0 Å². The van der Waals surface area contributed by atoms with E-state index in [1.165, 1.54) is 65.8 Å². The fourth-order valence-corrected chi connectivity index (χ4v) is 2.20. The number of nitrogens with one attached hydrogen (secondary N) is 3. The summed E-state index contributed by atoms with van der Waals surface area (Å²) in [4.78, 5) is 76.0. The highest BCUT2D eigenvalue weighted by atomic mass is 16.4. The number of ketones is 2. The van der Waals surface area contributed by atoms with E-state index in [0.717, 1.165) is 0 Å². The number of carbonyl (C=O) groups excluding carboxylic acids is 5.